The van der Waals surface area contributed by atoms with Gasteiger partial charge in [-0.2, -0.15) is 0 Å². The predicted molar refractivity (Wildman–Crippen MR) is 100 cm³/mol. The number of amides is 1. The molecular formula is C19H19Cl2N3O. The number of carbonyl (C=O) groups is 1. The van der Waals surface area contributed by atoms with E-state index in [9.17, 15) is 4.79 Å². The van der Waals surface area contributed by atoms with Gasteiger partial charge in [0.2, 0.25) is 5.91 Å². The third kappa shape index (κ3) is 3.21. The molecule has 6 heteroatoms. The molecule has 25 heavy (non-hydrogen) atoms. The second kappa shape index (κ2) is 6.50. The Bertz CT molecular complexity index is 764. The standard InChI is InChI=1S/C19H19Cl2N3O/c20-15-3-1-14(2-4-15)19(7-8-19)18(25)24-11-9-23(10-12-24)17-6-5-16(21)13-22-17/h1-6,13H,7-12H2. The van der Waals surface area contributed by atoms with Crippen LogP contribution in [-0.4, -0.2) is 42.0 Å². The van der Waals surface area contributed by atoms with Gasteiger partial charge in [-0.05, 0) is 42.7 Å². The number of rotatable bonds is 3. The summed E-state index contributed by atoms with van der Waals surface area (Å²) >= 11 is 11.9. The Morgan fingerprint density at radius 3 is 2.12 bits per heavy atom. The number of aromatic nitrogens is 1. The van der Waals surface area contributed by atoms with Crippen LogP contribution in [0.15, 0.2) is 42.6 Å². The number of halogens is 2. The first-order valence-corrected chi connectivity index (χ1v) is 9.26. The fourth-order valence-electron chi connectivity index (χ4n) is 3.52. The average Bonchev–Trinajstić information content (AvgIpc) is 3.44. The first-order chi connectivity index (χ1) is 12.1. The van der Waals surface area contributed by atoms with Gasteiger partial charge >= 0.3 is 0 Å². The van der Waals surface area contributed by atoms with E-state index in [2.05, 4.69) is 9.88 Å². The molecular weight excluding hydrogens is 357 g/mol. The highest BCUT2D eigenvalue weighted by atomic mass is 35.5. The number of benzene rings is 1. The van der Waals surface area contributed by atoms with Crippen molar-refractivity contribution in [1.29, 1.82) is 0 Å². The third-order valence-electron chi connectivity index (χ3n) is 5.16. The summed E-state index contributed by atoms with van der Waals surface area (Å²) in [5.74, 6) is 1.16. The van der Waals surface area contributed by atoms with Crippen LogP contribution in [-0.2, 0) is 10.2 Å². The Hall–Kier alpha value is -1.78. The van der Waals surface area contributed by atoms with Crippen molar-refractivity contribution in [3.63, 3.8) is 0 Å². The smallest absolute Gasteiger partial charge is 0.233 e. The minimum atomic E-state index is -0.328. The molecule has 4 nitrogen and oxygen atoms in total. The summed E-state index contributed by atoms with van der Waals surface area (Å²) in [5, 5.41) is 1.34. The maximum Gasteiger partial charge on any atom is 0.233 e. The van der Waals surface area contributed by atoms with Crippen molar-refractivity contribution in [2.45, 2.75) is 18.3 Å². The van der Waals surface area contributed by atoms with Gasteiger partial charge in [0.25, 0.3) is 0 Å². The van der Waals surface area contributed by atoms with E-state index in [0.717, 1.165) is 50.4 Å². The summed E-state index contributed by atoms with van der Waals surface area (Å²) in [6, 6.07) is 11.5. The molecule has 0 radical (unpaired) electrons. The maximum atomic E-state index is 13.1. The van der Waals surface area contributed by atoms with Crippen LogP contribution >= 0.6 is 23.2 Å². The summed E-state index contributed by atoms with van der Waals surface area (Å²) in [6.45, 7) is 3.02. The highest BCUT2D eigenvalue weighted by molar-refractivity contribution is 6.30. The van der Waals surface area contributed by atoms with Crippen LogP contribution in [0.2, 0.25) is 10.0 Å². The fraction of sp³-hybridized carbons (Fsp3) is 0.368. The van der Waals surface area contributed by atoms with Crippen molar-refractivity contribution in [3.8, 4) is 0 Å². The molecule has 0 bridgehead atoms. The Morgan fingerprint density at radius 2 is 1.56 bits per heavy atom. The van der Waals surface area contributed by atoms with Crippen LogP contribution in [0.4, 0.5) is 5.82 Å². The van der Waals surface area contributed by atoms with E-state index in [4.69, 9.17) is 23.2 Å². The minimum absolute atomic E-state index is 0.249. The van der Waals surface area contributed by atoms with Crippen molar-refractivity contribution < 1.29 is 4.79 Å². The second-order valence-corrected chi connectivity index (χ2v) is 7.58. The highest BCUT2D eigenvalue weighted by Gasteiger charge is 2.53. The molecule has 1 aliphatic carbocycles. The summed E-state index contributed by atoms with van der Waals surface area (Å²) < 4.78 is 0. The predicted octanol–water partition coefficient (Wildman–Crippen LogP) is 3.77. The number of nitrogens with zero attached hydrogens (tertiary/aromatic N) is 3. The molecule has 1 aromatic carbocycles. The summed E-state index contributed by atoms with van der Waals surface area (Å²) in [6.07, 6.45) is 3.51. The Balaban J connectivity index is 1.43. The molecule has 2 heterocycles. The van der Waals surface area contributed by atoms with E-state index < -0.39 is 0 Å². The molecule has 4 rings (SSSR count). The van der Waals surface area contributed by atoms with Crippen LogP contribution in [0.25, 0.3) is 0 Å². The van der Waals surface area contributed by atoms with Gasteiger partial charge in [-0.15, -0.1) is 0 Å². The number of piperazine rings is 1. The molecule has 2 aliphatic rings. The van der Waals surface area contributed by atoms with Gasteiger partial charge in [0.1, 0.15) is 5.82 Å². The van der Waals surface area contributed by atoms with Crippen LogP contribution in [0.5, 0.6) is 0 Å². The van der Waals surface area contributed by atoms with Crippen molar-refractivity contribution >= 4 is 34.9 Å². The van der Waals surface area contributed by atoms with Crippen LogP contribution in [0.3, 0.4) is 0 Å². The maximum absolute atomic E-state index is 13.1. The molecule has 1 saturated heterocycles. The van der Waals surface area contributed by atoms with Crippen molar-refractivity contribution in [2.24, 2.45) is 0 Å². The van der Waals surface area contributed by atoms with Gasteiger partial charge in [-0.1, -0.05) is 35.3 Å². The number of pyridine rings is 1. The quantitative estimate of drug-likeness (QED) is 0.818. The van der Waals surface area contributed by atoms with Gasteiger partial charge in [-0.25, -0.2) is 4.98 Å². The molecule has 0 spiro atoms. The molecule has 130 valence electrons. The third-order valence-corrected chi connectivity index (χ3v) is 5.63. The second-order valence-electron chi connectivity index (χ2n) is 6.70. The average molecular weight is 376 g/mol. The molecule has 1 amide bonds. The fourth-order valence-corrected chi connectivity index (χ4v) is 3.75. The van der Waals surface area contributed by atoms with Gasteiger partial charge in [0.15, 0.2) is 0 Å². The zero-order valence-electron chi connectivity index (χ0n) is 13.8. The number of carbonyl (C=O) groups excluding carboxylic acids is 1. The topological polar surface area (TPSA) is 36.4 Å². The summed E-state index contributed by atoms with van der Waals surface area (Å²) in [5.41, 5.74) is 0.759. The van der Waals surface area contributed by atoms with Crippen molar-refractivity contribution in [2.75, 3.05) is 31.1 Å². The van der Waals surface area contributed by atoms with E-state index in [1.165, 1.54) is 0 Å². The Kier molecular flexibility index (Phi) is 4.34. The SMILES string of the molecule is O=C(N1CCN(c2ccc(Cl)cn2)CC1)C1(c2ccc(Cl)cc2)CC1. The summed E-state index contributed by atoms with van der Waals surface area (Å²) in [4.78, 5) is 21.7. The normalized spacial score (nSPS) is 19.0. The molecule has 0 atom stereocenters. The summed E-state index contributed by atoms with van der Waals surface area (Å²) in [7, 11) is 0. The first kappa shape index (κ1) is 16.7. The lowest BCUT2D eigenvalue weighted by atomic mass is 9.94. The van der Waals surface area contributed by atoms with Gasteiger partial charge in [0, 0.05) is 37.4 Å². The van der Waals surface area contributed by atoms with Gasteiger partial charge < -0.3 is 9.80 Å². The highest BCUT2D eigenvalue weighted by Crippen LogP contribution is 2.49. The molecule has 2 fully saturated rings. The van der Waals surface area contributed by atoms with Gasteiger partial charge in [-0.3, -0.25) is 4.79 Å². The first-order valence-electron chi connectivity index (χ1n) is 8.50. The number of hydrogen-bond acceptors (Lipinski definition) is 3. The van der Waals surface area contributed by atoms with E-state index in [1.54, 1.807) is 6.20 Å². The van der Waals surface area contributed by atoms with E-state index >= 15 is 0 Å². The Labute approximate surface area is 157 Å². The van der Waals surface area contributed by atoms with Crippen LogP contribution in [0, 0.1) is 0 Å². The molecule has 0 N–H and O–H groups in total. The molecule has 1 aromatic heterocycles. The van der Waals surface area contributed by atoms with Crippen molar-refractivity contribution in [1.82, 2.24) is 9.88 Å². The molecule has 1 aliphatic heterocycles. The van der Waals surface area contributed by atoms with E-state index in [1.807, 2.05) is 41.3 Å². The lowest BCUT2D eigenvalue weighted by Crippen LogP contribution is -2.51. The zero-order chi connectivity index (χ0) is 17.4. The number of anilines is 1. The van der Waals surface area contributed by atoms with E-state index in [0.29, 0.717) is 10.0 Å². The minimum Gasteiger partial charge on any atom is -0.353 e. The largest absolute Gasteiger partial charge is 0.353 e. The lowest BCUT2D eigenvalue weighted by molar-refractivity contribution is -0.134. The number of hydrogen-bond donors (Lipinski definition) is 0. The molecule has 1 saturated carbocycles. The van der Waals surface area contributed by atoms with E-state index in [-0.39, 0.29) is 11.3 Å². The van der Waals surface area contributed by atoms with Crippen molar-refractivity contribution in [3.05, 3.63) is 58.2 Å². The van der Waals surface area contributed by atoms with Gasteiger partial charge in [0.05, 0.1) is 10.4 Å². The van der Waals surface area contributed by atoms with Crippen LogP contribution < -0.4 is 4.90 Å². The zero-order valence-corrected chi connectivity index (χ0v) is 15.3. The molecule has 0 unspecified atom stereocenters. The lowest BCUT2D eigenvalue weighted by Gasteiger charge is -2.37. The molecule has 2 aromatic rings. The monoisotopic (exact) mass is 375 g/mol. The van der Waals surface area contributed by atoms with Crippen LogP contribution in [0.1, 0.15) is 18.4 Å². The Morgan fingerprint density at radius 1 is 0.920 bits per heavy atom.